The molecule has 0 atom stereocenters. The van der Waals surface area contributed by atoms with Crippen LogP contribution in [0.1, 0.15) is 5.56 Å². The number of nitriles is 1. The lowest BCUT2D eigenvalue weighted by molar-refractivity contribution is 0.628. The van der Waals surface area contributed by atoms with Crippen LogP contribution in [0.4, 0.5) is 38.8 Å². The van der Waals surface area contributed by atoms with Crippen molar-refractivity contribution in [1.82, 2.24) is 15.0 Å². The van der Waals surface area contributed by atoms with Gasteiger partial charge >= 0.3 is 0 Å². The van der Waals surface area contributed by atoms with Gasteiger partial charge in [-0.2, -0.15) is 15.2 Å². The zero-order valence-corrected chi connectivity index (χ0v) is 71.2. The Morgan fingerprint density at radius 2 is 0.473 bits per heavy atom. The van der Waals surface area contributed by atoms with Crippen molar-refractivity contribution in [2.75, 3.05) is 9.80 Å². The lowest BCUT2D eigenvalue weighted by atomic mass is 9.83. The first-order chi connectivity index (χ1) is 64.8. The van der Waals surface area contributed by atoms with Gasteiger partial charge in [0, 0.05) is 39.6 Å². The molecule has 24 rings (SSSR count). The molecule has 0 radical (unpaired) electrons. The lowest BCUT2D eigenvalue weighted by Crippen LogP contribution is -2.15. The van der Waals surface area contributed by atoms with Gasteiger partial charge in [-0.05, 0) is 272 Å². The Morgan fingerprint density at radius 3 is 0.863 bits per heavy atom. The lowest BCUT2D eigenvalue weighted by Gasteiger charge is -2.26. The van der Waals surface area contributed by atoms with E-state index in [0.29, 0.717) is 23.2 Å². The van der Waals surface area contributed by atoms with E-state index in [0.717, 1.165) is 72.8 Å². The van der Waals surface area contributed by atoms with E-state index in [1.807, 2.05) is 102 Å². The van der Waals surface area contributed by atoms with Gasteiger partial charge < -0.3 is 4.90 Å². The maximum Gasteiger partial charge on any atom is 0.238 e. The van der Waals surface area contributed by atoms with E-state index < -0.39 is 0 Å². The SMILES string of the molecule is Fc1ccc(N(c2ccc(-c3ccc(-c4ccc5c(-c6cccc7ccccc67)c6ccccc6c(-c6cccc7ccccc67)c5c4)cc3)cc2)c2ccc3ccccc3c2)cc1.N#Cc1ccc(N(c2ccc(-c3ccc4c(-c5cccc6ccccc56)c5ccccc5c(-c5cccc6ccccc56)c4c3)cc2)c2nc(-c3ccccc3)nc(-c3ccccc3)n2)cc1. The fraction of sp³-hybridized carbons (Fsp3) is 0. The van der Waals surface area contributed by atoms with E-state index in [1.165, 1.54) is 154 Å². The Labute approximate surface area is 757 Å². The number of fused-ring (bicyclic) bond motifs is 9. The molecule has 612 valence electrons. The third-order valence-electron chi connectivity index (χ3n) is 25.6. The zero-order chi connectivity index (χ0) is 87.2. The molecule has 0 unspecified atom stereocenters. The molecule has 0 N–H and O–H groups in total. The summed E-state index contributed by atoms with van der Waals surface area (Å²) >= 11 is 0. The highest BCUT2D eigenvalue weighted by molar-refractivity contribution is 6.28. The number of nitrogens with zero attached hydrogens (tertiary/aromatic N) is 6. The summed E-state index contributed by atoms with van der Waals surface area (Å²) in [6.07, 6.45) is 0. The molecule has 1 heterocycles. The second-order valence-corrected chi connectivity index (χ2v) is 33.2. The highest BCUT2D eigenvalue weighted by Crippen LogP contribution is 2.52. The first-order valence-corrected chi connectivity index (χ1v) is 44.3. The van der Waals surface area contributed by atoms with Crippen molar-refractivity contribution in [3.05, 3.63) is 491 Å². The first-order valence-electron chi connectivity index (χ1n) is 44.3. The highest BCUT2D eigenvalue weighted by atomic mass is 19.1. The molecule has 0 amide bonds. The van der Waals surface area contributed by atoms with Crippen molar-refractivity contribution in [3.63, 3.8) is 0 Å². The summed E-state index contributed by atoms with van der Waals surface area (Å²) in [7, 11) is 0. The first kappa shape index (κ1) is 78.2. The predicted octanol–water partition coefficient (Wildman–Crippen LogP) is 33.9. The maximum absolute atomic E-state index is 14.1. The van der Waals surface area contributed by atoms with Crippen LogP contribution < -0.4 is 9.80 Å². The molecule has 0 saturated heterocycles. The van der Waals surface area contributed by atoms with Gasteiger partial charge in [0.25, 0.3) is 0 Å². The van der Waals surface area contributed by atoms with Crippen LogP contribution in [0.25, 0.3) is 198 Å². The molecule has 0 saturated carbocycles. The third-order valence-corrected chi connectivity index (χ3v) is 25.6. The summed E-state index contributed by atoms with van der Waals surface area (Å²) in [4.78, 5) is 19.4. The zero-order valence-electron chi connectivity index (χ0n) is 71.2. The molecule has 6 nitrogen and oxygen atoms in total. The van der Waals surface area contributed by atoms with Crippen LogP contribution in [0.2, 0.25) is 0 Å². The van der Waals surface area contributed by atoms with E-state index >= 15 is 0 Å². The summed E-state index contributed by atoms with van der Waals surface area (Å²) < 4.78 is 14.1. The average molecular weight is 1670 g/mol. The molecule has 0 bridgehead atoms. The number of benzene rings is 23. The fourth-order valence-corrected chi connectivity index (χ4v) is 19.4. The van der Waals surface area contributed by atoms with Crippen LogP contribution in [0.3, 0.4) is 0 Å². The van der Waals surface area contributed by atoms with Crippen LogP contribution >= 0.6 is 0 Å². The Hall–Kier alpha value is -17.6. The number of aromatic nitrogens is 3. The van der Waals surface area contributed by atoms with Gasteiger partial charge in [-0.25, -0.2) is 9.37 Å². The minimum atomic E-state index is -0.255. The quantitative estimate of drug-likeness (QED) is 0.0953. The van der Waals surface area contributed by atoms with Crippen molar-refractivity contribution in [2.24, 2.45) is 0 Å². The molecule has 24 aromatic rings. The van der Waals surface area contributed by atoms with Gasteiger partial charge in [0.05, 0.1) is 11.6 Å². The molecule has 0 aliphatic rings. The molecule has 0 spiro atoms. The number of rotatable bonds is 15. The Kier molecular flexibility index (Phi) is 20.1. The van der Waals surface area contributed by atoms with Crippen LogP contribution in [-0.2, 0) is 0 Å². The van der Waals surface area contributed by atoms with Gasteiger partial charge in [0.2, 0.25) is 5.95 Å². The van der Waals surface area contributed by atoms with Crippen LogP contribution in [0.15, 0.2) is 479 Å². The second-order valence-electron chi connectivity index (χ2n) is 33.2. The molecule has 7 heteroatoms. The summed E-state index contributed by atoms with van der Waals surface area (Å²) in [5.74, 6) is 1.33. The van der Waals surface area contributed by atoms with Crippen LogP contribution in [0.5, 0.6) is 0 Å². The standard InChI is InChI=1S/C62H40FN.C62H39N5/c63-49-31-36-51(37-32-49)64(52-35-29-41-11-1-2-14-47(41)39-52)50-33-27-43(28-34-50)42-23-25-44(26-24-42)48-30-38-59-60(40-48)62(56-22-10-16-46-13-4-6-18-54(46)56)58-20-8-7-19-57(58)61(59)55-21-9-15-45-12-3-5-17-53(45)55;63-40-41-29-34-48(35-30-41)67(62-65-60(45-17-3-1-4-18-45)64-61(66-62)46-19-5-2-6-20-46)49-36-31-42(32-37-49)47-33-38-56-57(39-47)59(53-28-14-22-44-16-8-10-24-51(44)53)55-26-12-11-25-54(55)58(56)52-27-13-21-43-15-7-9-23-50(43)52/h1-40H;1-39H. The number of hydrogen-bond acceptors (Lipinski definition) is 6. The van der Waals surface area contributed by atoms with Gasteiger partial charge in [-0.15, -0.1) is 0 Å². The summed E-state index contributed by atoms with van der Waals surface area (Å²) in [6, 6.07) is 171. The van der Waals surface area contributed by atoms with E-state index in [4.69, 9.17) is 15.0 Å². The number of hydrogen-bond donors (Lipinski definition) is 0. The molecular weight excluding hydrogens is 1590 g/mol. The molecule has 131 heavy (non-hydrogen) atoms. The summed E-state index contributed by atoms with van der Waals surface area (Å²) in [5, 5.41) is 31.6. The van der Waals surface area contributed by atoms with Crippen LogP contribution in [0, 0.1) is 17.1 Å². The molecule has 0 aliphatic heterocycles. The van der Waals surface area contributed by atoms with Crippen molar-refractivity contribution in [3.8, 4) is 107 Å². The molecule has 0 aliphatic carbocycles. The molecule has 23 aromatic carbocycles. The maximum atomic E-state index is 14.1. The molecule has 1 aromatic heterocycles. The normalized spacial score (nSPS) is 11.4. The largest absolute Gasteiger partial charge is 0.310 e. The van der Waals surface area contributed by atoms with Gasteiger partial charge in [-0.1, -0.05) is 382 Å². The monoisotopic (exact) mass is 1670 g/mol. The Balaban J connectivity index is 0.000000149. The van der Waals surface area contributed by atoms with E-state index in [1.54, 1.807) is 0 Å². The van der Waals surface area contributed by atoms with E-state index in [-0.39, 0.29) is 5.82 Å². The topological polar surface area (TPSA) is 68.9 Å². The number of anilines is 6. The summed E-state index contributed by atoms with van der Waals surface area (Å²) in [5.41, 5.74) is 23.5. The van der Waals surface area contributed by atoms with Gasteiger partial charge in [0.1, 0.15) is 5.82 Å². The smallest absolute Gasteiger partial charge is 0.238 e. The minimum absolute atomic E-state index is 0.255. The second kappa shape index (κ2) is 33.7. The van der Waals surface area contributed by atoms with Gasteiger partial charge in [0.15, 0.2) is 11.6 Å². The van der Waals surface area contributed by atoms with Crippen LogP contribution in [-0.4, -0.2) is 15.0 Å². The van der Waals surface area contributed by atoms with Gasteiger partial charge in [-0.3, -0.25) is 4.90 Å². The number of halogens is 1. The minimum Gasteiger partial charge on any atom is -0.310 e. The predicted molar refractivity (Wildman–Crippen MR) is 547 cm³/mol. The molecule has 0 fully saturated rings. The highest BCUT2D eigenvalue weighted by Gasteiger charge is 2.26. The van der Waals surface area contributed by atoms with Crippen molar-refractivity contribution in [1.29, 1.82) is 5.26 Å². The van der Waals surface area contributed by atoms with Crippen molar-refractivity contribution in [2.45, 2.75) is 0 Å². The fourth-order valence-electron chi connectivity index (χ4n) is 19.4. The average Bonchev–Trinajstić information content (AvgIpc) is 0.722. The van der Waals surface area contributed by atoms with E-state index in [2.05, 4.69) is 381 Å². The van der Waals surface area contributed by atoms with E-state index in [9.17, 15) is 9.65 Å². The Morgan fingerprint density at radius 1 is 0.191 bits per heavy atom. The molecular formula is C124H79FN6. The Bertz CT molecular complexity index is 8510. The van der Waals surface area contributed by atoms with Crippen molar-refractivity contribution < 1.29 is 4.39 Å². The van der Waals surface area contributed by atoms with Crippen molar-refractivity contribution >= 4 is 131 Å². The summed E-state index contributed by atoms with van der Waals surface area (Å²) in [6.45, 7) is 0. The third kappa shape index (κ3) is 14.6.